The Morgan fingerprint density at radius 2 is 2.11 bits per heavy atom. The Hall–Kier alpha value is -1.58. The van der Waals surface area contributed by atoms with Gasteiger partial charge in [-0.1, -0.05) is 13.8 Å². The van der Waals surface area contributed by atoms with Crippen molar-refractivity contribution in [1.82, 2.24) is 14.6 Å². The summed E-state index contributed by atoms with van der Waals surface area (Å²) in [7, 11) is 0. The van der Waals surface area contributed by atoms with Crippen molar-refractivity contribution in [3.63, 3.8) is 0 Å². The Morgan fingerprint density at radius 3 is 2.74 bits per heavy atom. The molecule has 0 saturated heterocycles. The summed E-state index contributed by atoms with van der Waals surface area (Å²) in [5.41, 5.74) is 1.91. The van der Waals surface area contributed by atoms with E-state index in [4.69, 9.17) is 0 Å². The van der Waals surface area contributed by atoms with Crippen LogP contribution in [-0.4, -0.2) is 14.6 Å². The second-order valence-electron chi connectivity index (χ2n) is 5.67. The van der Waals surface area contributed by atoms with Gasteiger partial charge in [-0.15, -0.1) is 0 Å². The predicted octanol–water partition coefficient (Wildman–Crippen LogP) is 2.88. The summed E-state index contributed by atoms with van der Waals surface area (Å²) in [6.45, 7) is 4.31. The molecule has 0 radical (unpaired) electrons. The van der Waals surface area contributed by atoms with Gasteiger partial charge in [-0.2, -0.15) is 0 Å². The first kappa shape index (κ1) is 12.5. The molecule has 2 aromatic heterocycles. The van der Waals surface area contributed by atoms with Crippen LogP contribution in [-0.2, 0) is 6.42 Å². The molecule has 0 unspecified atom stereocenters. The van der Waals surface area contributed by atoms with Crippen LogP contribution in [0.15, 0.2) is 16.9 Å². The van der Waals surface area contributed by atoms with Gasteiger partial charge in [-0.05, 0) is 49.7 Å². The number of hydrogen-bond donors (Lipinski definition) is 1. The van der Waals surface area contributed by atoms with Crippen molar-refractivity contribution >= 4 is 5.65 Å². The van der Waals surface area contributed by atoms with Crippen LogP contribution in [0.4, 0.5) is 0 Å². The molecule has 0 spiro atoms. The molecule has 0 bridgehead atoms. The smallest absolute Gasteiger partial charge is 0.271 e. The topological polar surface area (TPSA) is 50.2 Å². The Kier molecular flexibility index (Phi) is 3.17. The van der Waals surface area contributed by atoms with Crippen LogP contribution in [0.25, 0.3) is 5.65 Å². The van der Waals surface area contributed by atoms with Crippen molar-refractivity contribution in [1.29, 1.82) is 0 Å². The molecule has 0 amide bonds. The molecule has 0 aromatic carbocycles. The van der Waals surface area contributed by atoms with Gasteiger partial charge >= 0.3 is 0 Å². The fourth-order valence-corrected chi connectivity index (χ4v) is 2.70. The summed E-state index contributed by atoms with van der Waals surface area (Å²) in [4.78, 5) is 16.7. The number of nitrogens with one attached hydrogen (secondary N) is 1. The van der Waals surface area contributed by atoms with Gasteiger partial charge in [-0.3, -0.25) is 9.89 Å². The molecule has 102 valence electrons. The Morgan fingerprint density at radius 1 is 1.37 bits per heavy atom. The molecular formula is C15H21N3O. The van der Waals surface area contributed by atoms with E-state index in [-0.39, 0.29) is 5.56 Å². The van der Waals surface area contributed by atoms with Gasteiger partial charge in [0, 0.05) is 12.0 Å². The summed E-state index contributed by atoms with van der Waals surface area (Å²) in [5.74, 6) is 2.14. The van der Waals surface area contributed by atoms with Gasteiger partial charge in [0.15, 0.2) is 5.65 Å². The van der Waals surface area contributed by atoms with E-state index >= 15 is 0 Å². The highest BCUT2D eigenvalue weighted by atomic mass is 16.1. The lowest BCUT2D eigenvalue weighted by molar-refractivity contribution is 0.600. The highest BCUT2D eigenvalue weighted by molar-refractivity contribution is 5.41. The largest absolute Gasteiger partial charge is 0.276 e. The van der Waals surface area contributed by atoms with Gasteiger partial charge in [0.2, 0.25) is 0 Å². The molecule has 2 heterocycles. The lowest BCUT2D eigenvalue weighted by Gasteiger charge is -2.06. The molecule has 1 N–H and O–H groups in total. The first-order valence-electron chi connectivity index (χ1n) is 7.32. The van der Waals surface area contributed by atoms with Crippen LogP contribution in [0.3, 0.4) is 0 Å². The summed E-state index contributed by atoms with van der Waals surface area (Å²) in [6, 6.07) is 3.81. The quantitative estimate of drug-likeness (QED) is 0.897. The van der Waals surface area contributed by atoms with Crippen LogP contribution in [0.2, 0.25) is 0 Å². The van der Waals surface area contributed by atoms with Gasteiger partial charge in [0.05, 0.1) is 0 Å². The monoisotopic (exact) mass is 259 g/mol. The van der Waals surface area contributed by atoms with Crippen molar-refractivity contribution in [3.8, 4) is 0 Å². The summed E-state index contributed by atoms with van der Waals surface area (Å²) >= 11 is 0. The molecule has 2 aromatic rings. The third kappa shape index (κ3) is 2.44. The van der Waals surface area contributed by atoms with Crippen LogP contribution in [0, 0.1) is 5.92 Å². The zero-order chi connectivity index (χ0) is 13.4. The lowest BCUT2D eigenvalue weighted by atomic mass is 10.0. The first-order chi connectivity index (χ1) is 9.21. The van der Waals surface area contributed by atoms with E-state index in [1.54, 1.807) is 10.6 Å². The lowest BCUT2D eigenvalue weighted by Crippen LogP contribution is -2.14. The van der Waals surface area contributed by atoms with Crippen molar-refractivity contribution in [2.24, 2.45) is 5.92 Å². The molecule has 1 aliphatic carbocycles. The van der Waals surface area contributed by atoms with Crippen LogP contribution in [0.1, 0.15) is 56.8 Å². The highest BCUT2D eigenvalue weighted by Gasteiger charge is 2.22. The number of rotatable bonds is 5. The van der Waals surface area contributed by atoms with E-state index in [1.165, 1.54) is 12.8 Å². The van der Waals surface area contributed by atoms with Crippen LogP contribution in [0.5, 0.6) is 0 Å². The third-order valence-corrected chi connectivity index (χ3v) is 4.13. The zero-order valence-corrected chi connectivity index (χ0v) is 11.6. The highest BCUT2D eigenvalue weighted by Crippen LogP contribution is 2.32. The minimum atomic E-state index is 0.0119. The van der Waals surface area contributed by atoms with E-state index in [0.717, 1.165) is 42.2 Å². The van der Waals surface area contributed by atoms with Gasteiger partial charge in [-0.25, -0.2) is 9.50 Å². The van der Waals surface area contributed by atoms with Crippen molar-refractivity contribution < 1.29 is 0 Å². The Bertz CT molecular complexity index is 632. The number of aromatic amines is 1. The normalized spacial score (nSPS) is 15.5. The van der Waals surface area contributed by atoms with Gasteiger partial charge < -0.3 is 0 Å². The van der Waals surface area contributed by atoms with E-state index in [0.29, 0.717) is 5.92 Å². The molecule has 4 nitrogen and oxygen atoms in total. The first-order valence-corrected chi connectivity index (χ1v) is 7.32. The number of nitrogens with zero attached hydrogens (tertiary/aromatic N) is 2. The minimum Gasteiger partial charge on any atom is -0.276 e. The maximum Gasteiger partial charge on any atom is 0.271 e. The van der Waals surface area contributed by atoms with Crippen molar-refractivity contribution in [2.45, 2.75) is 51.9 Å². The molecule has 4 heteroatoms. The van der Waals surface area contributed by atoms with E-state index < -0.39 is 0 Å². The fraction of sp³-hybridized carbons (Fsp3) is 0.600. The number of H-pyrrole nitrogens is 1. The molecule has 3 rings (SSSR count). The SMILES string of the molecule is CCC(CC)c1nc2cc(CC3CC3)cc(=O)n2[nH]1. The number of aromatic nitrogens is 3. The summed E-state index contributed by atoms with van der Waals surface area (Å²) in [6.07, 6.45) is 5.72. The van der Waals surface area contributed by atoms with Crippen LogP contribution < -0.4 is 5.56 Å². The van der Waals surface area contributed by atoms with Crippen LogP contribution >= 0.6 is 0 Å². The maximum atomic E-state index is 12.1. The molecule has 19 heavy (non-hydrogen) atoms. The summed E-state index contributed by atoms with van der Waals surface area (Å²) < 4.78 is 1.57. The molecule has 1 aliphatic rings. The number of pyridine rings is 1. The maximum absolute atomic E-state index is 12.1. The minimum absolute atomic E-state index is 0.0119. The van der Waals surface area contributed by atoms with Gasteiger partial charge in [0.25, 0.3) is 5.56 Å². The molecular weight excluding hydrogens is 238 g/mol. The number of hydrogen-bond acceptors (Lipinski definition) is 2. The molecule has 0 atom stereocenters. The third-order valence-electron chi connectivity index (χ3n) is 4.13. The summed E-state index contributed by atoms with van der Waals surface area (Å²) in [5, 5.41) is 3.16. The molecule has 1 saturated carbocycles. The average molecular weight is 259 g/mol. The van der Waals surface area contributed by atoms with E-state index in [1.807, 2.05) is 0 Å². The molecule has 1 fully saturated rings. The second kappa shape index (κ2) is 4.83. The standard InChI is InChI=1S/C15H21N3O/c1-3-12(4-2)15-16-13-8-11(7-10-5-6-10)9-14(19)18(13)17-15/h8-10,12H,3-7H2,1-2H3,(H,16,17). The average Bonchev–Trinajstić information content (AvgIpc) is 3.08. The van der Waals surface area contributed by atoms with Crippen molar-refractivity contribution in [2.75, 3.05) is 0 Å². The van der Waals surface area contributed by atoms with Crippen molar-refractivity contribution in [3.05, 3.63) is 33.9 Å². The van der Waals surface area contributed by atoms with E-state index in [2.05, 4.69) is 30.0 Å². The fourth-order valence-electron chi connectivity index (χ4n) is 2.70. The number of fused-ring (bicyclic) bond motifs is 1. The molecule has 0 aliphatic heterocycles. The predicted molar refractivity (Wildman–Crippen MR) is 75.6 cm³/mol. The Labute approximate surface area is 112 Å². The zero-order valence-electron chi connectivity index (χ0n) is 11.6. The van der Waals surface area contributed by atoms with E-state index in [9.17, 15) is 4.79 Å². The van der Waals surface area contributed by atoms with Gasteiger partial charge in [0.1, 0.15) is 5.82 Å². The Balaban J connectivity index is 2.01. The second-order valence-corrected chi connectivity index (χ2v) is 5.67.